The summed E-state index contributed by atoms with van der Waals surface area (Å²) in [5.74, 6) is 0.983. The van der Waals surface area contributed by atoms with E-state index in [-0.39, 0.29) is 0 Å². The van der Waals surface area contributed by atoms with Crippen LogP contribution in [0.2, 0.25) is 0 Å². The van der Waals surface area contributed by atoms with Crippen molar-refractivity contribution in [3.8, 4) is 5.75 Å². The first-order valence-electron chi connectivity index (χ1n) is 5.79. The molecule has 0 saturated carbocycles. The molecule has 0 amide bonds. The van der Waals surface area contributed by atoms with E-state index in [1.165, 1.54) is 11.3 Å². The molecule has 2 rings (SSSR count). The lowest BCUT2D eigenvalue weighted by molar-refractivity contribution is 0.312. The van der Waals surface area contributed by atoms with Crippen LogP contribution in [0.25, 0.3) is 0 Å². The first-order chi connectivity index (χ1) is 7.70. The van der Waals surface area contributed by atoms with Crippen LogP contribution in [0.5, 0.6) is 5.75 Å². The van der Waals surface area contributed by atoms with Crippen LogP contribution in [0.3, 0.4) is 0 Å². The summed E-state index contributed by atoms with van der Waals surface area (Å²) in [5, 5.41) is 0. The lowest BCUT2D eigenvalue weighted by atomic mass is 10.1. The Morgan fingerprint density at radius 3 is 2.44 bits per heavy atom. The molecule has 0 unspecified atom stereocenters. The summed E-state index contributed by atoms with van der Waals surface area (Å²) in [7, 11) is 3.91. The second-order valence-corrected chi connectivity index (χ2v) is 4.44. The van der Waals surface area contributed by atoms with Crippen molar-refractivity contribution >= 4 is 5.69 Å². The van der Waals surface area contributed by atoms with Gasteiger partial charge in [-0.2, -0.15) is 0 Å². The second-order valence-electron chi connectivity index (χ2n) is 4.44. The summed E-state index contributed by atoms with van der Waals surface area (Å²) in [6.07, 6.45) is 0. The van der Waals surface area contributed by atoms with Gasteiger partial charge in [-0.25, -0.2) is 0 Å². The standard InChI is InChI=1S/C13H20N2O/c1-11-4-5-12(10-13(11)16-3)15-8-6-14(2)7-9-15/h4-5,10H,6-9H2,1-3H3. The van der Waals surface area contributed by atoms with Crippen molar-refractivity contribution in [2.45, 2.75) is 6.92 Å². The van der Waals surface area contributed by atoms with Gasteiger partial charge in [0.2, 0.25) is 0 Å². The Morgan fingerprint density at radius 1 is 1.12 bits per heavy atom. The molecule has 1 fully saturated rings. The minimum atomic E-state index is 0.983. The molecule has 0 N–H and O–H groups in total. The number of likely N-dealkylation sites (N-methyl/N-ethyl adjacent to an activating group) is 1. The smallest absolute Gasteiger partial charge is 0.123 e. The van der Waals surface area contributed by atoms with Crippen LogP contribution >= 0.6 is 0 Å². The first-order valence-corrected chi connectivity index (χ1v) is 5.79. The molecule has 0 spiro atoms. The molecule has 3 nitrogen and oxygen atoms in total. The number of aryl methyl sites for hydroxylation is 1. The highest BCUT2D eigenvalue weighted by Gasteiger charge is 2.14. The summed E-state index contributed by atoms with van der Waals surface area (Å²) in [4.78, 5) is 4.78. The van der Waals surface area contributed by atoms with E-state index < -0.39 is 0 Å². The summed E-state index contributed by atoms with van der Waals surface area (Å²) in [6.45, 7) is 6.55. The van der Waals surface area contributed by atoms with E-state index in [0.717, 1.165) is 31.9 Å². The maximum Gasteiger partial charge on any atom is 0.123 e. The molecular weight excluding hydrogens is 200 g/mol. The largest absolute Gasteiger partial charge is 0.496 e. The van der Waals surface area contributed by atoms with Gasteiger partial charge in [-0.3, -0.25) is 0 Å². The van der Waals surface area contributed by atoms with E-state index in [9.17, 15) is 0 Å². The van der Waals surface area contributed by atoms with Crippen LogP contribution < -0.4 is 9.64 Å². The molecule has 1 aromatic carbocycles. The molecule has 88 valence electrons. The van der Waals surface area contributed by atoms with Crippen molar-refractivity contribution in [1.82, 2.24) is 4.90 Å². The summed E-state index contributed by atoms with van der Waals surface area (Å²) in [6, 6.07) is 6.45. The van der Waals surface area contributed by atoms with Gasteiger partial charge in [-0.05, 0) is 25.6 Å². The highest BCUT2D eigenvalue weighted by Crippen LogP contribution is 2.25. The van der Waals surface area contributed by atoms with Crippen LogP contribution in [-0.2, 0) is 0 Å². The van der Waals surface area contributed by atoms with Crippen LogP contribution in [0, 0.1) is 6.92 Å². The molecule has 1 heterocycles. The minimum absolute atomic E-state index is 0.983. The van der Waals surface area contributed by atoms with E-state index in [4.69, 9.17) is 4.74 Å². The fourth-order valence-corrected chi connectivity index (χ4v) is 2.07. The van der Waals surface area contributed by atoms with Crippen molar-refractivity contribution in [2.75, 3.05) is 45.2 Å². The molecule has 1 aliphatic rings. The average Bonchev–Trinajstić information content (AvgIpc) is 2.31. The highest BCUT2D eigenvalue weighted by atomic mass is 16.5. The number of rotatable bonds is 2. The lowest BCUT2D eigenvalue weighted by Crippen LogP contribution is -2.44. The molecule has 0 bridgehead atoms. The number of hydrogen-bond acceptors (Lipinski definition) is 3. The van der Waals surface area contributed by atoms with Gasteiger partial charge < -0.3 is 14.5 Å². The predicted molar refractivity (Wildman–Crippen MR) is 67.4 cm³/mol. The van der Waals surface area contributed by atoms with Gasteiger partial charge in [0.25, 0.3) is 0 Å². The molecular formula is C13H20N2O. The quantitative estimate of drug-likeness (QED) is 0.755. The molecule has 1 saturated heterocycles. The minimum Gasteiger partial charge on any atom is -0.496 e. The fourth-order valence-electron chi connectivity index (χ4n) is 2.07. The van der Waals surface area contributed by atoms with Crippen molar-refractivity contribution in [3.63, 3.8) is 0 Å². The van der Waals surface area contributed by atoms with Crippen molar-refractivity contribution in [2.24, 2.45) is 0 Å². The summed E-state index contributed by atoms with van der Waals surface area (Å²) < 4.78 is 5.36. The zero-order valence-electron chi connectivity index (χ0n) is 10.4. The molecule has 0 radical (unpaired) electrons. The number of anilines is 1. The van der Waals surface area contributed by atoms with Crippen molar-refractivity contribution in [1.29, 1.82) is 0 Å². The van der Waals surface area contributed by atoms with E-state index in [1.54, 1.807) is 7.11 Å². The Labute approximate surface area is 97.6 Å². The molecule has 0 atom stereocenters. The molecule has 1 aliphatic heterocycles. The maximum atomic E-state index is 5.36. The van der Waals surface area contributed by atoms with Crippen molar-refractivity contribution < 1.29 is 4.74 Å². The molecule has 0 aromatic heterocycles. The van der Waals surface area contributed by atoms with Crippen LogP contribution in [0.4, 0.5) is 5.69 Å². The summed E-state index contributed by atoms with van der Waals surface area (Å²) in [5.41, 5.74) is 2.47. The van der Waals surface area contributed by atoms with E-state index in [2.05, 4.69) is 42.0 Å². The third-order valence-electron chi connectivity index (χ3n) is 3.26. The van der Waals surface area contributed by atoms with Gasteiger partial charge in [0.05, 0.1) is 7.11 Å². The monoisotopic (exact) mass is 220 g/mol. The number of ether oxygens (including phenoxy) is 1. The van der Waals surface area contributed by atoms with Crippen molar-refractivity contribution in [3.05, 3.63) is 23.8 Å². The normalized spacial score (nSPS) is 17.6. The molecule has 1 aromatic rings. The zero-order chi connectivity index (χ0) is 11.5. The number of piperazine rings is 1. The lowest BCUT2D eigenvalue weighted by Gasteiger charge is -2.34. The number of nitrogens with zero attached hydrogens (tertiary/aromatic N) is 2. The Bertz CT molecular complexity index is 357. The predicted octanol–water partition coefficient (Wildman–Crippen LogP) is 1.76. The SMILES string of the molecule is COc1cc(N2CCN(C)CC2)ccc1C. The third-order valence-corrected chi connectivity index (χ3v) is 3.26. The number of hydrogen-bond donors (Lipinski definition) is 0. The van der Waals surface area contributed by atoms with Crippen LogP contribution in [-0.4, -0.2) is 45.2 Å². The number of methoxy groups -OCH3 is 1. The van der Waals surface area contributed by atoms with Gasteiger partial charge in [0.15, 0.2) is 0 Å². The molecule has 0 aliphatic carbocycles. The third kappa shape index (κ3) is 2.30. The van der Waals surface area contributed by atoms with E-state index in [1.807, 2.05) is 0 Å². The van der Waals surface area contributed by atoms with E-state index in [0.29, 0.717) is 0 Å². The zero-order valence-corrected chi connectivity index (χ0v) is 10.4. The van der Waals surface area contributed by atoms with Crippen LogP contribution in [0.1, 0.15) is 5.56 Å². The van der Waals surface area contributed by atoms with E-state index >= 15 is 0 Å². The molecule has 3 heteroatoms. The second kappa shape index (κ2) is 4.74. The highest BCUT2D eigenvalue weighted by molar-refractivity contribution is 5.53. The van der Waals surface area contributed by atoms with Gasteiger partial charge in [-0.1, -0.05) is 6.07 Å². The Balaban J connectivity index is 2.14. The van der Waals surface area contributed by atoms with Crippen LogP contribution in [0.15, 0.2) is 18.2 Å². The first kappa shape index (κ1) is 11.3. The fraction of sp³-hybridized carbons (Fsp3) is 0.538. The van der Waals surface area contributed by atoms with Gasteiger partial charge in [0, 0.05) is 37.9 Å². The Kier molecular flexibility index (Phi) is 3.34. The number of benzene rings is 1. The maximum absolute atomic E-state index is 5.36. The summed E-state index contributed by atoms with van der Waals surface area (Å²) >= 11 is 0. The van der Waals surface area contributed by atoms with Gasteiger partial charge in [-0.15, -0.1) is 0 Å². The topological polar surface area (TPSA) is 15.7 Å². The average molecular weight is 220 g/mol. The Morgan fingerprint density at radius 2 is 1.81 bits per heavy atom. The van der Waals surface area contributed by atoms with Gasteiger partial charge >= 0.3 is 0 Å². The molecule has 16 heavy (non-hydrogen) atoms. The van der Waals surface area contributed by atoms with Gasteiger partial charge in [0.1, 0.15) is 5.75 Å². The Hall–Kier alpha value is -1.22.